The third kappa shape index (κ3) is 2.20. The normalized spacial score (nSPS) is 27.0. The summed E-state index contributed by atoms with van der Waals surface area (Å²) in [5, 5.41) is 5.93. The van der Waals surface area contributed by atoms with Crippen molar-refractivity contribution >= 4 is 27.3 Å². The monoisotopic (exact) mass is 273 g/mol. The Morgan fingerprint density at radius 3 is 3.00 bits per heavy atom. The smallest absolute Gasteiger partial charge is 0.0701 e. The Bertz CT molecular complexity index is 302. The zero-order valence-corrected chi connectivity index (χ0v) is 10.9. The number of hydrogen-bond donors (Lipinski definition) is 1. The standard InChI is InChI=1S/C11H16BrNS/c1-2-11(4-3-5-13-11)7-9-6-10(12)14-8-9/h6,8,13H,2-5,7H2,1H3. The van der Waals surface area contributed by atoms with Gasteiger partial charge >= 0.3 is 0 Å². The molecule has 1 nitrogen and oxygen atoms in total. The molecule has 2 heterocycles. The molecule has 1 unspecified atom stereocenters. The highest BCUT2D eigenvalue weighted by molar-refractivity contribution is 9.11. The van der Waals surface area contributed by atoms with Crippen molar-refractivity contribution in [2.24, 2.45) is 0 Å². The lowest BCUT2D eigenvalue weighted by atomic mass is 9.88. The maximum atomic E-state index is 3.67. The number of halogens is 1. The number of thiophene rings is 1. The van der Waals surface area contributed by atoms with Crippen molar-refractivity contribution in [3.8, 4) is 0 Å². The fraction of sp³-hybridized carbons (Fsp3) is 0.636. The van der Waals surface area contributed by atoms with E-state index >= 15 is 0 Å². The quantitative estimate of drug-likeness (QED) is 0.888. The molecular weight excluding hydrogens is 258 g/mol. The van der Waals surface area contributed by atoms with Crippen molar-refractivity contribution in [3.05, 3.63) is 20.8 Å². The first-order valence-electron chi connectivity index (χ1n) is 5.22. The predicted octanol–water partition coefficient (Wildman–Crippen LogP) is 3.59. The molecule has 1 aliphatic heterocycles. The highest BCUT2D eigenvalue weighted by atomic mass is 79.9. The van der Waals surface area contributed by atoms with Crippen LogP contribution in [0.3, 0.4) is 0 Å². The zero-order valence-electron chi connectivity index (χ0n) is 8.48. The average Bonchev–Trinajstić information content (AvgIpc) is 2.77. The molecule has 0 spiro atoms. The molecule has 1 aromatic heterocycles. The van der Waals surface area contributed by atoms with Crippen molar-refractivity contribution < 1.29 is 0 Å². The molecule has 14 heavy (non-hydrogen) atoms. The highest BCUT2D eigenvalue weighted by Gasteiger charge is 2.31. The minimum absolute atomic E-state index is 0.389. The van der Waals surface area contributed by atoms with Crippen molar-refractivity contribution in [2.75, 3.05) is 6.54 Å². The van der Waals surface area contributed by atoms with Crippen LogP contribution in [0.4, 0.5) is 0 Å². The van der Waals surface area contributed by atoms with Crippen LogP contribution < -0.4 is 5.32 Å². The van der Waals surface area contributed by atoms with E-state index in [4.69, 9.17) is 0 Å². The van der Waals surface area contributed by atoms with E-state index in [0.717, 1.165) is 0 Å². The molecule has 0 aliphatic carbocycles. The van der Waals surface area contributed by atoms with Gasteiger partial charge in [-0.1, -0.05) is 6.92 Å². The molecule has 1 N–H and O–H groups in total. The van der Waals surface area contributed by atoms with Crippen molar-refractivity contribution in [3.63, 3.8) is 0 Å². The van der Waals surface area contributed by atoms with E-state index in [1.807, 2.05) is 0 Å². The lowest BCUT2D eigenvalue weighted by Gasteiger charge is -2.27. The van der Waals surface area contributed by atoms with Crippen LogP contribution >= 0.6 is 27.3 Å². The lowest BCUT2D eigenvalue weighted by Crippen LogP contribution is -2.41. The number of hydrogen-bond acceptors (Lipinski definition) is 2. The van der Waals surface area contributed by atoms with Crippen molar-refractivity contribution in [1.82, 2.24) is 5.32 Å². The minimum Gasteiger partial charge on any atom is -0.311 e. The second kappa shape index (κ2) is 4.33. The Morgan fingerprint density at radius 2 is 2.50 bits per heavy atom. The average molecular weight is 274 g/mol. The predicted molar refractivity (Wildman–Crippen MR) is 66.0 cm³/mol. The van der Waals surface area contributed by atoms with Crippen LogP contribution in [0.5, 0.6) is 0 Å². The van der Waals surface area contributed by atoms with Crippen LogP contribution in [0.1, 0.15) is 31.7 Å². The Morgan fingerprint density at radius 1 is 1.64 bits per heavy atom. The third-order valence-electron chi connectivity index (χ3n) is 3.17. The van der Waals surface area contributed by atoms with Crippen LogP contribution in [0.25, 0.3) is 0 Å². The summed E-state index contributed by atoms with van der Waals surface area (Å²) < 4.78 is 1.25. The van der Waals surface area contributed by atoms with Gasteiger partial charge in [0, 0.05) is 5.54 Å². The maximum Gasteiger partial charge on any atom is 0.0701 e. The first-order valence-corrected chi connectivity index (χ1v) is 6.89. The molecule has 2 rings (SSSR count). The summed E-state index contributed by atoms with van der Waals surface area (Å²) in [6.07, 6.45) is 5.09. The van der Waals surface area contributed by atoms with Gasteiger partial charge < -0.3 is 5.32 Å². The summed E-state index contributed by atoms with van der Waals surface area (Å²) in [4.78, 5) is 0. The van der Waals surface area contributed by atoms with Crippen LogP contribution in [-0.2, 0) is 6.42 Å². The number of nitrogens with one attached hydrogen (secondary N) is 1. The summed E-state index contributed by atoms with van der Waals surface area (Å²) in [5.74, 6) is 0. The van der Waals surface area contributed by atoms with Crippen molar-refractivity contribution in [2.45, 2.75) is 38.1 Å². The molecule has 0 aromatic carbocycles. The summed E-state index contributed by atoms with van der Waals surface area (Å²) in [7, 11) is 0. The molecule has 0 amide bonds. The molecule has 1 saturated heterocycles. The lowest BCUT2D eigenvalue weighted by molar-refractivity contribution is 0.360. The Balaban J connectivity index is 2.08. The van der Waals surface area contributed by atoms with Gasteiger partial charge in [0.25, 0.3) is 0 Å². The summed E-state index contributed by atoms with van der Waals surface area (Å²) >= 11 is 5.31. The largest absolute Gasteiger partial charge is 0.311 e. The van der Waals surface area contributed by atoms with Gasteiger partial charge in [0.1, 0.15) is 0 Å². The molecule has 1 atom stereocenters. The van der Waals surface area contributed by atoms with Crippen LogP contribution in [0, 0.1) is 0 Å². The van der Waals surface area contributed by atoms with Gasteiger partial charge in [-0.3, -0.25) is 0 Å². The number of rotatable bonds is 3. The minimum atomic E-state index is 0.389. The van der Waals surface area contributed by atoms with Crippen molar-refractivity contribution in [1.29, 1.82) is 0 Å². The Kier molecular flexibility index (Phi) is 3.30. The molecular formula is C11H16BrNS. The van der Waals surface area contributed by atoms with Crippen LogP contribution in [-0.4, -0.2) is 12.1 Å². The molecule has 1 aromatic rings. The van der Waals surface area contributed by atoms with E-state index in [1.165, 1.54) is 41.6 Å². The third-order valence-corrected chi connectivity index (χ3v) is 4.73. The van der Waals surface area contributed by atoms with Gasteiger partial charge in [-0.25, -0.2) is 0 Å². The first kappa shape index (κ1) is 10.7. The van der Waals surface area contributed by atoms with Gasteiger partial charge in [-0.05, 0) is 65.2 Å². The Labute approximate surface area is 98.0 Å². The van der Waals surface area contributed by atoms with Crippen LogP contribution in [0.2, 0.25) is 0 Å². The second-order valence-electron chi connectivity index (χ2n) is 4.10. The van der Waals surface area contributed by atoms with Gasteiger partial charge in [0.2, 0.25) is 0 Å². The summed E-state index contributed by atoms with van der Waals surface area (Å²) in [5.41, 5.74) is 1.86. The zero-order chi connectivity index (χ0) is 10.0. The van der Waals surface area contributed by atoms with E-state index in [9.17, 15) is 0 Å². The first-order chi connectivity index (χ1) is 6.74. The van der Waals surface area contributed by atoms with E-state index in [-0.39, 0.29) is 0 Å². The van der Waals surface area contributed by atoms with E-state index in [0.29, 0.717) is 5.54 Å². The Hall–Kier alpha value is 0.140. The van der Waals surface area contributed by atoms with Gasteiger partial charge in [-0.15, -0.1) is 11.3 Å². The fourth-order valence-electron chi connectivity index (χ4n) is 2.28. The van der Waals surface area contributed by atoms with E-state index in [1.54, 1.807) is 11.3 Å². The maximum absolute atomic E-state index is 3.67. The molecule has 1 fully saturated rings. The second-order valence-corrected chi connectivity index (χ2v) is 6.39. The van der Waals surface area contributed by atoms with Gasteiger partial charge in [-0.2, -0.15) is 0 Å². The van der Waals surface area contributed by atoms with E-state index < -0.39 is 0 Å². The molecule has 1 aliphatic rings. The molecule has 0 bridgehead atoms. The topological polar surface area (TPSA) is 12.0 Å². The SMILES string of the molecule is CCC1(Cc2csc(Br)c2)CCCN1. The van der Waals surface area contributed by atoms with E-state index in [2.05, 4.69) is 39.6 Å². The highest BCUT2D eigenvalue weighted by Crippen LogP contribution is 2.30. The fourth-order valence-corrected chi connectivity index (χ4v) is 3.48. The molecule has 3 heteroatoms. The molecule has 0 saturated carbocycles. The molecule has 78 valence electrons. The summed E-state index contributed by atoms with van der Waals surface area (Å²) in [6.45, 7) is 3.48. The van der Waals surface area contributed by atoms with Crippen LogP contribution in [0.15, 0.2) is 15.2 Å². The van der Waals surface area contributed by atoms with Gasteiger partial charge in [0.15, 0.2) is 0 Å². The summed E-state index contributed by atoms with van der Waals surface area (Å²) in [6, 6.07) is 2.25. The molecule has 0 radical (unpaired) electrons. The van der Waals surface area contributed by atoms with Gasteiger partial charge in [0.05, 0.1) is 3.79 Å².